The van der Waals surface area contributed by atoms with Gasteiger partial charge in [0.1, 0.15) is 5.82 Å². The van der Waals surface area contributed by atoms with Crippen molar-refractivity contribution in [2.75, 3.05) is 19.7 Å². The highest BCUT2D eigenvalue weighted by Crippen LogP contribution is 2.33. The van der Waals surface area contributed by atoms with E-state index in [1.165, 1.54) is 12.1 Å². The highest BCUT2D eigenvalue weighted by molar-refractivity contribution is 5.75. The third kappa shape index (κ3) is 4.67. The Bertz CT molecular complexity index is 542. The summed E-state index contributed by atoms with van der Waals surface area (Å²) in [6.45, 7) is 7.45. The predicted octanol–water partition coefficient (Wildman–Crippen LogP) is 3.33. The molecule has 2 rings (SSSR count). The van der Waals surface area contributed by atoms with Crippen molar-refractivity contribution < 1.29 is 14.3 Å². The smallest absolute Gasteiger partial charge is 0.317 e. The second-order valence-electron chi connectivity index (χ2n) is 7.44. The Morgan fingerprint density at radius 2 is 2.22 bits per heavy atom. The topological polar surface area (TPSA) is 52.6 Å². The number of benzene rings is 1. The van der Waals surface area contributed by atoms with Gasteiger partial charge in [-0.2, -0.15) is 0 Å². The van der Waals surface area contributed by atoms with Crippen LogP contribution in [-0.4, -0.2) is 35.7 Å². The number of hydrogen-bond acceptors (Lipinski definition) is 2. The van der Waals surface area contributed by atoms with E-state index < -0.39 is 0 Å². The average Bonchev–Trinajstić information content (AvgIpc) is 2.51. The van der Waals surface area contributed by atoms with Crippen LogP contribution >= 0.6 is 0 Å². The Morgan fingerprint density at radius 3 is 2.83 bits per heavy atom. The van der Waals surface area contributed by atoms with Gasteiger partial charge in [0.15, 0.2) is 0 Å². The number of urea groups is 1. The molecule has 1 saturated heterocycles. The molecule has 1 aliphatic rings. The standard InChI is InChI=1S/C18H27FN2O2/c1-18(2,3)16(14-7-4-8-15(19)10-14)20-17(23)21-9-5-6-13(11-21)12-22/h4,7-8,10,13,16,22H,5-6,9,11-12H2,1-3H3,(H,20,23). The molecule has 2 unspecified atom stereocenters. The van der Waals surface area contributed by atoms with Gasteiger partial charge in [-0.25, -0.2) is 9.18 Å². The first-order chi connectivity index (χ1) is 10.8. The molecule has 23 heavy (non-hydrogen) atoms. The van der Waals surface area contributed by atoms with Gasteiger partial charge in [0.05, 0.1) is 6.04 Å². The second kappa shape index (κ2) is 7.30. The van der Waals surface area contributed by atoms with Crippen LogP contribution in [0.4, 0.5) is 9.18 Å². The van der Waals surface area contributed by atoms with Gasteiger partial charge in [0.25, 0.3) is 0 Å². The van der Waals surface area contributed by atoms with Crippen LogP contribution < -0.4 is 5.32 Å². The first-order valence-electron chi connectivity index (χ1n) is 8.23. The molecule has 4 nitrogen and oxygen atoms in total. The van der Waals surface area contributed by atoms with E-state index in [4.69, 9.17) is 0 Å². The summed E-state index contributed by atoms with van der Waals surface area (Å²) in [5.41, 5.74) is 0.525. The Kier molecular flexibility index (Phi) is 5.63. The summed E-state index contributed by atoms with van der Waals surface area (Å²) in [6, 6.07) is 5.96. The number of hydrogen-bond donors (Lipinski definition) is 2. The van der Waals surface area contributed by atoms with Crippen LogP contribution in [0.25, 0.3) is 0 Å². The van der Waals surface area contributed by atoms with E-state index in [1.54, 1.807) is 11.0 Å². The quantitative estimate of drug-likeness (QED) is 0.897. The van der Waals surface area contributed by atoms with Crippen LogP contribution in [0.3, 0.4) is 0 Å². The van der Waals surface area contributed by atoms with E-state index in [2.05, 4.69) is 5.32 Å². The lowest BCUT2D eigenvalue weighted by molar-refractivity contribution is 0.123. The minimum absolute atomic E-state index is 0.108. The first-order valence-corrected chi connectivity index (χ1v) is 8.23. The zero-order valence-corrected chi connectivity index (χ0v) is 14.2. The first kappa shape index (κ1) is 17.7. The molecule has 2 atom stereocenters. The summed E-state index contributed by atoms with van der Waals surface area (Å²) in [4.78, 5) is 14.4. The van der Waals surface area contributed by atoms with Gasteiger partial charge in [-0.15, -0.1) is 0 Å². The molecule has 1 aliphatic heterocycles. The van der Waals surface area contributed by atoms with Gasteiger partial charge in [-0.05, 0) is 41.9 Å². The molecule has 1 fully saturated rings. The Morgan fingerprint density at radius 1 is 1.48 bits per heavy atom. The number of rotatable bonds is 3. The van der Waals surface area contributed by atoms with E-state index in [0.29, 0.717) is 13.1 Å². The van der Waals surface area contributed by atoms with Gasteiger partial charge in [-0.3, -0.25) is 0 Å². The maximum atomic E-state index is 13.6. The van der Waals surface area contributed by atoms with Crippen LogP contribution in [0.1, 0.15) is 45.2 Å². The highest BCUT2D eigenvalue weighted by atomic mass is 19.1. The normalized spacial score (nSPS) is 20.2. The number of aliphatic hydroxyl groups is 1. The molecular formula is C18H27FN2O2. The molecule has 1 aromatic carbocycles. The van der Waals surface area contributed by atoms with E-state index in [9.17, 15) is 14.3 Å². The van der Waals surface area contributed by atoms with Gasteiger partial charge < -0.3 is 15.3 Å². The Hall–Kier alpha value is -1.62. The van der Waals surface area contributed by atoms with Crippen LogP contribution in [0.2, 0.25) is 0 Å². The van der Waals surface area contributed by atoms with Crippen LogP contribution in [0.5, 0.6) is 0 Å². The fraction of sp³-hybridized carbons (Fsp3) is 0.611. The predicted molar refractivity (Wildman–Crippen MR) is 88.5 cm³/mol. The summed E-state index contributed by atoms with van der Waals surface area (Å²) < 4.78 is 13.6. The van der Waals surface area contributed by atoms with E-state index in [-0.39, 0.29) is 35.8 Å². The molecule has 128 valence electrons. The number of halogens is 1. The number of carbonyl (C=O) groups is 1. The van der Waals surface area contributed by atoms with Gasteiger partial charge in [0.2, 0.25) is 0 Å². The zero-order chi connectivity index (χ0) is 17.0. The minimum Gasteiger partial charge on any atom is -0.396 e. The van der Waals surface area contributed by atoms with E-state index in [0.717, 1.165) is 18.4 Å². The molecule has 0 spiro atoms. The van der Waals surface area contributed by atoms with Crippen molar-refractivity contribution in [1.29, 1.82) is 0 Å². The molecule has 5 heteroatoms. The van der Waals surface area contributed by atoms with Crippen molar-refractivity contribution in [1.82, 2.24) is 10.2 Å². The number of amides is 2. The van der Waals surface area contributed by atoms with E-state index in [1.807, 2.05) is 26.8 Å². The zero-order valence-electron chi connectivity index (χ0n) is 14.2. The third-order valence-corrected chi connectivity index (χ3v) is 4.38. The molecule has 2 amide bonds. The number of likely N-dealkylation sites (tertiary alicyclic amines) is 1. The molecule has 0 saturated carbocycles. The molecule has 2 N–H and O–H groups in total. The monoisotopic (exact) mass is 322 g/mol. The molecule has 0 radical (unpaired) electrons. The fourth-order valence-corrected chi connectivity index (χ4v) is 3.10. The third-order valence-electron chi connectivity index (χ3n) is 4.38. The summed E-state index contributed by atoms with van der Waals surface area (Å²) in [5, 5.41) is 12.4. The summed E-state index contributed by atoms with van der Waals surface area (Å²) in [5.74, 6) is -0.152. The van der Waals surface area contributed by atoms with Crippen molar-refractivity contribution >= 4 is 6.03 Å². The van der Waals surface area contributed by atoms with Crippen LogP contribution in [-0.2, 0) is 0 Å². The number of nitrogens with one attached hydrogen (secondary N) is 1. The minimum atomic E-state index is -0.302. The van der Waals surface area contributed by atoms with Crippen molar-refractivity contribution in [2.24, 2.45) is 11.3 Å². The van der Waals surface area contributed by atoms with Crippen molar-refractivity contribution in [3.8, 4) is 0 Å². The second-order valence-corrected chi connectivity index (χ2v) is 7.44. The number of carbonyl (C=O) groups excluding carboxylic acids is 1. The lowest BCUT2D eigenvalue weighted by Crippen LogP contribution is -2.49. The van der Waals surface area contributed by atoms with Crippen molar-refractivity contribution in [3.63, 3.8) is 0 Å². The summed E-state index contributed by atoms with van der Waals surface area (Å²) >= 11 is 0. The molecule has 1 heterocycles. The van der Waals surface area contributed by atoms with Gasteiger partial charge >= 0.3 is 6.03 Å². The Labute approximate surface area is 137 Å². The lowest BCUT2D eigenvalue weighted by Gasteiger charge is -2.37. The average molecular weight is 322 g/mol. The maximum Gasteiger partial charge on any atom is 0.317 e. The fourth-order valence-electron chi connectivity index (χ4n) is 3.10. The highest BCUT2D eigenvalue weighted by Gasteiger charge is 2.31. The number of piperidine rings is 1. The maximum absolute atomic E-state index is 13.6. The SMILES string of the molecule is CC(C)(C)C(NC(=O)N1CCCC(CO)C1)c1cccc(F)c1. The van der Waals surface area contributed by atoms with Crippen molar-refractivity contribution in [3.05, 3.63) is 35.6 Å². The lowest BCUT2D eigenvalue weighted by atomic mass is 9.82. The number of nitrogens with zero attached hydrogens (tertiary/aromatic N) is 1. The van der Waals surface area contributed by atoms with E-state index >= 15 is 0 Å². The Balaban J connectivity index is 2.13. The number of aliphatic hydroxyl groups excluding tert-OH is 1. The summed E-state index contributed by atoms with van der Waals surface area (Å²) in [7, 11) is 0. The van der Waals surface area contributed by atoms with Crippen LogP contribution in [0, 0.1) is 17.2 Å². The molecule has 0 aromatic heterocycles. The van der Waals surface area contributed by atoms with Crippen molar-refractivity contribution in [2.45, 2.75) is 39.7 Å². The van der Waals surface area contributed by atoms with Gasteiger partial charge in [0, 0.05) is 19.7 Å². The van der Waals surface area contributed by atoms with Gasteiger partial charge in [-0.1, -0.05) is 32.9 Å². The molecular weight excluding hydrogens is 295 g/mol. The van der Waals surface area contributed by atoms with Crippen LogP contribution in [0.15, 0.2) is 24.3 Å². The summed E-state index contributed by atoms with van der Waals surface area (Å²) in [6.07, 6.45) is 1.85. The molecule has 0 aliphatic carbocycles. The largest absolute Gasteiger partial charge is 0.396 e. The molecule has 1 aromatic rings. The molecule has 0 bridgehead atoms.